The van der Waals surface area contributed by atoms with Crippen LogP contribution >= 0.6 is 11.8 Å². The second-order valence-electron chi connectivity index (χ2n) is 5.63. The van der Waals surface area contributed by atoms with Crippen LogP contribution in [0.5, 0.6) is 0 Å². The van der Waals surface area contributed by atoms with Crippen LogP contribution in [0.2, 0.25) is 0 Å². The van der Waals surface area contributed by atoms with E-state index in [9.17, 15) is 9.59 Å². The summed E-state index contributed by atoms with van der Waals surface area (Å²) in [5, 5.41) is 0. The van der Waals surface area contributed by atoms with Gasteiger partial charge in [-0.25, -0.2) is 0 Å². The fourth-order valence-corrected chi connectivity index (χ4v) is 4.31. The molecule has 1 atom stereocenters. The minimum atomic E-state index is -0.337. The van der Waals surface area contributed by atoms with Crippen molar-refractivity contribution in [2.75, 3.05) is 19.4 Å². The minimum absolute atomic E-state index is 0.107. The number of esters is 1. The quantitative estimate of drug-likeness (QED) is 0.743. The second-order valence-corrected chi connectivity index (χ2v) is 7.23. The zero-order valence-corrected chi connectivity index (χ0v) is 12.6. The highest BCUT2D eigenvalue weighted by Gasteiger charge is 2.43. The molecular formula is C14H23NO3S. The summed E-state index contributed by atoms with van der Waals surface area (Å²) in [6.07, 6.45) is 6.34. The van der Waals surface area contributed by atoms with Gasteiger partial charge in [0, 0.05) is 6.04 Å². The highest BCUT2D eigenvalue weighted by atomic mass is 32.2. The van der Waals surface area contributed by atoms with Crippen molar-refractivity contribution in [2.45, 2.75) is 56.2 Å². The van der Waals surface area contributed by atoms with Crippen molar-refractivity contribution in [3.8, 4) is 0 Å². The van der Waals surface area contributed by atoms with Gasteiger partial charge in [0.2, 0.25) is 5.91 Å². The van der Waals surface area contributed by atoms with Gasteiger partial charge in [-0.15, -0.1) is 11.8 Å². The van der Waals surface area contributed by atoms with Crippen molar-refractivity contribution in [3.63, 3.8) is 0 Å². The summed E-state index contributed by atoms with van der Waals surface area (Å²) in [5.74, 6) is 0.859. The fourth-order valence-electron chi connectivity index (χ4n) is 3.04. The lowest BCUT2D eigenvalue weighted by atomic mass is 10.0. The van der Waals surface area contributed by atoms with E-state index in [0.29, 0.717) is 0 Å². The molecule has 1 amide bonds. The fraction of sp³-hybridized carbons (Fsp3) is 0.857. The summed E-state index contributed by atoms with van der Waals surface area (Å²) >= 11 is 1.73. The average molecular weight is 285 g/mol. The third kappa shape index (κ3) is 3.25. The number of ether oxygens (including phenoxy) is 1. The van der Waals surface area contributed by atoms with Crippen LogP contribution in [0, 0.1) is 0 Å². The molecule has 0 aromatic rings. The molecule has 0 spiro atoms. The SMILES string of the molecule is COC(=O)CN(C(=O)C1(C)CCCS1)C1CCCC1. The Morgan fingerprint density at radius 1 is 1.32 bits per heavy atom. The van der Waals surface area contributed by atoms with Crippen LogP contribution in [0.15, 0.2) is 0 Å². The molecule has 5 heteroatoms. The van der Waals surface area contributed by atoms with Gasteiger partial charge in [0.15, 0.2) is 0 Å². The minimum Gasteiger partial charge on any atom is -0.468 e. The maximum absolute atomic E-state index is 12.8. The van der Waals surface area contributed by atoms with E-state index in [0.717, 1.165) is 44.3 Å². The maximum Gasteiger partial charge on any atom is 0.325 e. The lowest BCUT2D eigenvalue weighted by Crippen LogP contribution is -2.50. The molecule has 0 aromatic carbocycles. The molecule has 0 aromatic heterocycles. The summed E-state index contributed by atoms with van der Waals surface area (Å²) in [6.45, 7) is 2.13. The first-order valence-corrected chi connectivity index (χ1v) is 8.07. The Morgan fingerprint density at radius 3 is 2.53 bits per heavy atom. The van der Waals surface area contributed by atoms with Crippen molar-refractivity contribution in [1.82, 2.24) is 4.90 Å². The maximum atomic E-state index is 12.8. The van der Waals surface area contributed by atoms with Crippen molar-refractivity contribution in [1.29, 1.82) is 0 Å². The number of nitrogens with zero attached hydrogens (tertiary/aromatic N) is 1. The third-order valence-electron chi connectivity index (χ3n) is 4.22. The molecule has 0 radical (unpaired) electrons. The molecule has 1 heterocycles. The first-order valence-electron chi connectivity index (χ1n) is 7.09. The lowest BCUT2D eigenvalue weighted by Gasteiger charge is -2.34. The van der Waals surface area contributed by atoms with E-state index in [1.54, 1.807) is 16.7 Å². The predicted molar refractivity (Wildman–Crippen MR) is 76.1 cm³/mol. The molecule has 0 N–H and O–H groups in total. The van der Waals surface area contributed by atoms with Crippen LogP contribution in [0.4, 0.5) is 0 Å². The second kappa shape index (κ2) is 6.16. The van der Waals surface area contributed by atoms with E-state index in [2.05, 4.69) is 0 Å². The molecule has 0 bridgehead atoms. The van der Waals surface area contributed by atoms with E-state index >= 15 is 0 Å². The van der Waals surface area contributed by atoms with E-state index in [-0.39, 0.29) is 29.2 Å². The van der Waals surface area contributed by atoms with Crippen LogP contribution < -0.4 is 0 Å². The van der Waals surface area contributed by atoms with E-state index in [1.807, 2.05) is 6.92 Å². The molecule has 108 valence electrons. The molecule has 4 nitrogen and oxygen atoms in total. The summed E-state index contributed by atoms with van der Waals surface area (Å²) in [6, 6.07) is 0.227. The van der Waals surface area contributed by atoms with Gasteiger partial charge in [-0.3, -0.25) is 9.59 Å². The third-order valence-corrected chi connectivity index (χ3v) is 5.73. The Labute approximate surface area is 119 Å². The largest absolute Gasteiger partial charge is 0.468 e. The average Bonchev–Trinajstić information content (AvgIpc) is 3.06. The molecule has 1 aliphatic heterocycles. The Kier molecular flexibility index (Phi) is 4.76. The van der Waals surface area contributed by atoms with Crippen LogP contribution in [0.25, 0.3) is 0 Å². The van der Waals surface area contributed by atoms with Gasteiger partial charge in [-0.2, -0.15) is 0 Å². The molecule has 2 aliphatic rings. The molecule has 2 rings (SSSR count). The van der Waals surface area contributed by atoms with E-state index in [1.165, 1.54) is 7.11 Å². The summed E-state index contributed by atoms with van der Waals surface area (Å²) < 4.78 is 4.41. The zero-order valence-electron chi connectivity index (χ0n) is 11.8. The van der Waals surface area contributed by atoms with Crippen molar-refractivity contribution in [2.24, 2.45) is 0 Å². The summed E-state index contributed by atoms with van der Waals surface area (Å²) in [5.41, 5.74) is 0. The summed E-state index contributed by atoms with van der Waals surface area (Å²) in [7, 11) is 1.38. The molecule has 19 heavy (non-hydrogen) atoms. The Balaban J connectivity index is 2.11. The van der Waals surface area contributed by atoms with Crippen LogP contribution in [0.3, 0.4) is 0 Å². The highest BCUT2D eigenvalue weighted by Crippen LogP contribution is 2.40. The lowest BCUT2D eigenvalue weighted by molar-refractivity contribution is -0.149. The van der Waals surface area contributed by atoms with Gasteiger partial charge in [0.1, 0.15) is 6.54 Å². The molecule has 2 fully saturated rings. The number of hydrogen-bond acceptors (Lipinski definition) is 4. The highest BCUT2D eigenvalue weighted by molar-refractivity contribution is 8.01. The molecule has 1 saturated carbocycles. The van der Waals surface area contributed by atoms with Crippen LogP contribution in [-0.2, 0) is 14.3 Å². The smallest absolute Gasteiger partial charge is 0.325 e. The number of methoxy groups -OCH3 is 1. The first-order chi connectivity index (χ1) is 9.07. The van der Waals surface area contributed by atoms with Gasteiger partial charge in [0.25, 0.3) is 0 Å². The topological polar surface area (TPSA) is 46.6 Å². The Bertz CT molecular complexity index is 347. The molecule has 1 aliphatic carbocycles. The zero-order chi connectivity index (χ0) is 13.9. The number of carbonyl (C=O) groups excluding carboxylic acids is 2. The molecule has 1 unspecified atom stereocenters. The number of rotatable bonds is 4. The van der Waals surface area contributed by atoms with E-state index < -0.39 is 0 Å². The first kappa shape index (κ1) is 14.7. The van der Waals surface area contributed by atoms with Crippen LogP contribution in [0.1, 0.15) is 45.4 Å². The number of amides is 1. The van der Waals surface area contributed by atoms with Crippen molar-refractivity contribution >= 4 is 23.6 Å². The van der Waals surface area contributed by atoms with Gasteiger partial charge < -0.3 is 9.64 Å². The van der Waals surface area contributed by atoms with E-state index in [4.69, 9.17) is 4.74 Å². The normalized spacial score (nSPS) is 27.5. The predicted octanol–water partition coefficient (Wildman–Crippen LogP) is 2.22. The van der Waals surface area contributed by atoms with Crippen molar-refractivity contribution < 1.29 is 14.3 Å². The Hall–Kier alpha value is -0.710. The van der Waals surface area contributed by atoms with Crippen LogP contribution in [-0.4, -0.2) is 47.0 Å². The number of hydrogen-bond donors (Lipinski definition) is 0. The van der Waals surface area contributed by atoms with Gasteiger partial charge in [0.05, 0.1) is 11.9 Å². The van der Waals surface area contributed by atoms with Gasteiger partial charge >= 0.3 is 5.97 Å². The molecular weight excluding hydrogens is 262 g/mol. The number of carbonyl (C=O) groups is 2. The van der Waals surface area contributed by atoms with Gasteiger partial charge in [-0.1, -0.05) is 12.8 Å². The monoisotopic (exact) mass is 285 g/mol. The van der Waals surface area contributed by atoms with Gasteiger partial charge in [-0.05, 0) is 38.4 Å². The Morgan fingerprint density at radius 2 is 2.00 bits per heavy atom. The standard InChI is InChI=1S/C14H23NO3S/c1-14(8-5-9-19-14)13(17)15(10-12(16)18-2)11-6-3-4-7-11/h11H,3-10H2,1-2H3. The summed E-state index contributed by atoms with van der Waals surface area (Å²) in [4.78, 5) is 26.2. The van der Waals surface area contributed by atoms with Crippen molar-refractivity contribution in [3.05, 3.63) is 0 Å². The molecule has 1 saturated heterocycles. The number of thioether (sulfide) groups is 1.